The Morgan fingerprint density at radius 1 is 0.380 bits per heavy atom. The maximum Gasteiger partial charge on any atom is 0.369 e. The first-order chi connectivity index (χ1) is 58.1. The molecule has 2 atom stereocenters. The van der Waals surface area contributed by atoms with E-state index in [0.717, 1.165) is 98.8 Å². The van der Waals surface area contributed by atoms with E-state index in [1.165, 1.54) is 50.4 Å². The van der Waals surface area contributed by atoms with E-state index in [-0.39, 0.29) is 33.6 Å². The summed E-state index contributed by atoms with van der Waals surface area (Å²) in [7, 11) is 6.33. The number of anilines is 3. The number of fused-ring (bicyclic) bond motifs is 12. The summed E-state index contributed by atoms with van der Waals surface area (Å²) < 4.78 is 33.4. The van der Waals surface area contributed by atoms with E-state index in [9.17, 15) is 0 Å². The van der Waals surface area contributed by atoms with E-state index in [0.29, 0.717) is 52.7 Å². The molecule has 14 aromatic rings. The van der Waals surface area contributed by atoms with Crippen molar-refractivity contribution in [1.29, 1.82) is 0 Å². The summed E-state index contributed by atoms with van der Waals surface area (Å²) in [6.45, 7) is 40.0. The summed E-state index contributed by atoms with van der Waals surface area (Å²) in [6, 6.07) is 49.2. The van der Waals surface area contributed by atoms with Gasteiger partial charge in [0, 0.05) is 93.9 Å². The molecule has 16 heterocycles. The number of imidazole rings is 2. The summed E-state index contributed by atoms with van der Waals surface area (Å²) in [6.07, 6.45) is 26.5. The molecule has 0 bridgehead atoms. The molecule has 20 rings (SSSR count). The molecule has 10 aromatic heterocycles. The molecular formula is C97H108B4N16O4+2. The molecule has 24 heteroatoms. The van der Waals surface area contributed by atoms with Crippen LogP contribution in [-0.2, 0) is 14.1 Å². The van der Waals surface area contributed by atoms with Gasteiger partial charge in [-0.05, 0) is 209 Å². The summed E-state index contributed by atoms with van der Waals surface area (Å²) in [4.78, 5) is 31.9. The maximum absolute atomic E-state index is 6.17. The number of nitrogens with zero attached hydrogens (tertiary/aromatic N) is 16. The van der Waals surface area contributed by atoms with Crippen molar-refractivity contribution in [2.45, 2.75) is 160 Å². The standard InChI is InChI=1S/C33H36BN4O.C27H32BN4O.C21H21BN4O.C16H19BN4O/c1-21(2)27-17-25(24-11-9-8-10-12-24)18-28(22(3)4)31(27)37-16-15-36(7)33(37)38-20-29-26-14-13-23(5)35-32(26)39-30(29)19-34(38)6;1-17(2)20-9-8-10-21(18(3)4)25(20)31-14-13-30(7)27(31)32-16-23-22-12-11-19(5)29-26(22)33-24(23)15-28(32)6;1-15-9-10-18-19-14-26(22(3)13-20(19)27-21(18)23-15)25-12-11-24(16(25)2)17-7-5-4-6-8-17;1-11-5-6-13-14-10-21(20-8-7-19(4)12(20)2)17(3)9-15(14)22-16(13)18-11/h8-22H,1-7H3;8-18H,1-7H3;4-14,16H,1-3H3;5-10,12H,1-4H3/q2*+1;;/t;;16-;12-/m..00/s1. The van der Waals surface area contributed by atoms with E-state index in [4.69, 9.17) is 17.7 Å². The summed E-state index contributed by atoms with van der Waals surface area (Å²) in [5.74, 6) is 12.5. The van der Waals surface area contributed by atoms with Gasteiger partial charge in [0.25, 0.3) is 0 Å². The molecule has 4 aromatic carbocycles. The molecule has 0 amide bonds. The number of aryl methyl sites for hydroxylation is 6. The molecule has 0 N–H and O–H groups in total. The molecule has 6 aliphatic rings. The Balaban J connectivity index is 0.000000117. The van der Waals surface area contributed by atoms with E-state index >= 15 is 0 Å². The SMILES string of the molecule is CB1C=c2oc3nc(C)ccc3c2=CN1N1C=CN(C)[C@@H]1C.CB1C=c2oc3nc(C)ccc3c2=CN1N1C=CN(c2ccccc2)[C@@H]1C.CB1C=c2oc3nc(C)ccc3c2=CN1c1n(-c2c(C(C)C)cc(-c3ccccc3)cc2C(C)C)cc[n+]1C.CB1C=c2oc3nc(C)ccc3c2=CN1c1n(-c2c(C(C)C)cccc2C(C)C)cc[n+]1C. The van der Waals surface area contributed by atoms with Gasteiger partial charge < -0.3 is 37.3 Å². The number of pyridine rings is 4. The molecule has 0 fully saturated rings. The van der Waals surface area contributed by atoms with Crippen molar-refractivity contribution >= 4 is 138 Å². The quantitative estimate of drug-likeness (QED) is 0.0843. The van der Waals surface area contributed by atoms with Gasteiger partial charge in [0.05, 0.1) is 60.1 Å². The Morgan fingerprint density at radius 3 is 1.12 bits per heavy atom. The van der Waals surface area contributed by atoms with Gasteiger partial charge in [-0.15, -0.1) is 0 Å². The number of benzene rings is 4. The minimum atomic E-state index is 0.104. The number of hydrogen-bond acceptors (Lipinski definition) is 16. The van der Waals surface area contributed by atoms with Gasteiger partial charge in [0.1, 0.15) is 57.8 Å². The fourth-order valence-corrected chi connectivity index (χ4v) is 17.6. The van der Waals surface area contributed by atoms with Gasteiger partial charge in [-0.25, -0.2) is 38.2 Å². The van der Waals surface area contributed by atoms with E-state index in [1.807, 2.05) is 52.0 Å². The summed E-state index contributed by atoms with van der Waals surface area (Å²) in [5.41, 5.74) is 22.0. The molecule has 0 unspecified atom stereocenters. The van der Waals surface area contributed by atoms with Crippen LogP contribution in [-0.4, -0.2) is 101 Å². The van der Waals surface area contributed by atoms with Crippen molar-refractivity contribution in [2.24, 2.45) is 14.1 Å². The third-order valence-corrected chi connectivity index (χ3v) is 24.3. The first kappa shape index (κ1) is 80.6. The van der Waals surface area contributed by atoms with Crippen LogP contribution >= 0.6 is 0 Å². The molecule has 20 nitrogen and oxygen atoms in total. The lowest BCUT2D eigenvalue weighted by Gasteiger charge is -2.40. The van der Waals surface area contributed by atoms with E-state index in [1.54, 1.807) is 0 Å². The van der Waals surface area contributed by atoms with Crippen LogP contribution in [0.15, 0.2) is 207 Å². The topological polar surface area (TPSA) is 148 Å². The van der Waals surface area contributed by atoms with Crippen LogP contribution in [0.4, 0.5) is 17.6 Å². The minimum Gasteiger partial charge on any atom is -0.439 e. The van der Waals surface area contributed by atoms with Crippen LogP contribution in [0.2, 0.25) is 27.3 Å². The molecule has 610 valence electrons. The third kappa shape index (κ3) is 15.0. The van der Waals surface area contributed by atoms with Crippen molar-refractivity contribution in [1.82, 2.24) is 53.8 Å². The Labute approximate surface area is 709 Å². The average Bonchev–Trinajstić information content (AvgIpc) is 1.65. The molecule has 0 aliphatic carbocycles. The molecule has 6 aliphatic heterocycles. The fourth-order valence-electron chi connectivity index (χ4n) is 17.6. The lowest BCUT2D eigenvalue weighted by Crippen LogP contribution is -2.53. The Hall–Kier alpha value is -12.8. The van der Waals surface area contributed by atoms with Crippen molar-refractivity contribution in [3.05, 3.63) is 277 Å². The zero-order valence-electron chi connectivity index (χ0n) is 73.6. The first-order valence-corrected chi connectivity index (χ1v) is 42.7. The normalized spacial score (nSPS) is 15.9. The smallest absolute Gasteiger partial charge is 0.369 e. The number of furan rings is 4. The monoisotopic (exact) mass is 1600 g/mol. The lowest BCUT2D eigenvalue weighted by atomic mass is 9.62. The van der Waals surface area contributed by atoms with Crippen LogP contribution in [0.3, 0.4) is 0 Å². The first-order valence-electron chi connectivity index (χ1n) is 42.7. The maximum atomic E-state index is 6.17. The highest BCUT2D eigenvalue weighted by Crippen LogP contribution is 2.39. The number of hydrazine groups is 2. The van der Waals surface area contributed by atoms with Crippen molar-refractivity contribution in [2.75, 3.05) is 21.6 Å². The highest BCUT2D eigenvalue weighted by molar-refractivity contribution is 6.77. The highest BCUT2D eigenvalue weighted by Gasteiger charge is 2.38. The van der Waals surface area contributed by atoms with Crippen LogP contribution < -0.4 is 66.2 Å². The molecule has 0 radical (unpaired) electrons. The van der Waals surface area contributed by atoms with Crippen molar-refractivity contribution in [3.63, 3.8) is 0 Å². The van der Waals surface area contributed by atoms with Gasteiger partial charge in [-0.2, -0.15) is 0 Å². The highest BCUT2D eigenvalue weighted by atomic mass is 16.3. The number of hydrogen-bond donors (Lipinski definition) is 0. The number of aromatic nitrogens is 8. The molecule has 0 saturated heterocycles. The van der Waals surface area contributed by atoms with Gasteiger partial charge in [-0.3, -0.25) is 19.6 Å². The number of para-hydroxylation sites is 2. The van der Waals surface area contributed by atoms with Gasteiger partial charge in [0.15, 0.2) is 0 Å². The Morgan fingerprint density at radius 2 is 0.736 bits per heavy atom. The fraction of sp³-hybridized carbons (Fsp3) is 0.278. The molecule has 0 saturated carbocycles. The summed E-state index contributed by atoms with van der Waals surface area (Å²) >= 11 is 0. The zero-order valence-corrected chi connectivity index (χ0v) is 73.6. The molecule has 0 spiro atoms. The van der Waals surface area contributed by atoms with Gasteiger partial charge in [0.2, 0.25) is 22.9 Å². The van der Waals surface area contributed by atoms with Crippen LogP contribution in [0, 0.1) is 27.7 Å². The van der Waals surface area contributed by atoms with Crippen LogP contribution in [0.5, 0.6) is 0 Å². The Bertz CT molecular complexity index is 6910. The molecular weight excluding hydrogens is 1500 g/mol. The minimum absolute atomic E-state index is 0.104. The molecule has 121 heavy (non-hydrogen) atoms. The van der Waals surface area contributed by atoms with E-state index < -0.39 is 0 Å². The van der Waals surface area contributed by atoms with Gasteiger partial charge >= 0.3 is 39.3 Å². The second-order valence-electron chi connectivity index (χ2n) is 34.4. The average molecular weight is 1610 g/mol. The predicted molar refractivity (Wildman–Crippen MR) is 496 cm³/mol. The van der Waals surface area contributed by atoms with Gasteiger partial charge in [-0.1, -0.05) is 136 Å². The lowest BCUT2D eigenvalue weighted by molar-refractivity contribution is -0.657. The second kappa shape index (κ2) is 32.4. The largest absolute Gasteiger partial charge is 0.439 e. The summed E-state index contributed by atoms with van der Waals surface area (Å²) in [5, 5.41) is 13.1. The number of rotatable bonds is 12. The van der Waals surface area contributed by atoms with Crippen molar-refractivity contribution < 1.29 is 26.8 Å². The van der Waals surface area contributed by atoms with E-state index in [2.05, 4.69) is 409 Å². The van der Waals surface area contributed by atoms with Crippen LogP contribution in [0.1, 0.15) is 138 Å². The predicted octanol–water partition coefficient (Wildman–Crippen LogP) is 13.9. The zero-order chi connectivity index (χ0) is 84.8. The van der Waals surface area contributed by atoms with Crippen molar-refractivity contribution in [3.8, 4) is 22.5 Å². The third-order valence-electron chi connectivity index (χ3n) is 24.3. The van der Waals surface area contributed by atoms with Crippen LogP contribution in [0.25, 0.3) is 116 Å². The second-order valence-corrected chi connectivity index (χ2v) is 34.4. The Kier molecular flexibility index (Phi) is 21.6.